The number of pyridine rings is 1. The zero-order chi connectivity index (χ0) is 16.0. The number of rotatable bonds is 2. The van der Waals surface area contributed by atoms with Gasteiger partial charge in [0, 0.05) is 17.1 Å². The van der Waals surface area contributed by atoms with Crippen molar-refractivity contribution in [3.05, 3.63) is 71.4 Å². The summed E-state index contributed by atoms with van der Waals surface area (Å²) in [6, 6.07) is 11.0. The number of aryl methyl sites for hydroxylation is 2. The fraction of sp³-hybridized carbons (Fsp3) is 0.158. The fourth-order valence-corrected chi connectivity index (χ4v) is 2.97. The van der Waals surface area contributed by atoms with E-state index in [9.17, 15) is 4.39 Å². The maximum Gasteiger partial charge on any atom is 0.124 e. The van der Waals surface area contributed by atoms with E-state index in [2.05, 4.69) is 35.9 Å². The Morgan fingerprint density at radius 3 is 2.74 bits per heavy atom. The van der Waals surface area contributed by atoms with E-state index in [0.717, 1.165) is 27.5 Å². The van der Waals surface area contributed by atoms with Gasteiger partial charge >= 0.3 is 0 Å². The molecular weight excluding hydrogens is 289 g/mol. The Kier molecular flexibility index (Phi) is 3.11. The molecule has 114 valence electrons. The molecule has 0 aliphatic heterocycles. The lowest BCUT2D eigenvalue weighted by Gasteiger charge is -2.09. The zero-order valence-corrected chi connectivity index (χ0v) is 13.0. The van der Waals surface area contributed by atoms with Crippen molar-refractivity contribution in [1.82, 2.24) is 14.5 Å². The van der Waals surface area contributed by atoms with Crippen molar-refractivity contribution >= 4 is 21.9 Å². The molecule has 2 aromatic heterocycles. The van der Waals surface area contributed by atoms with Crippen LogP contribution >= 0.6 is 0 Å². The van der Waals surface area contributed by atoms with E-state index in [1.54, 1.807) is 12.3 Å². The summed E-state index contributed by atoms with van der Waals surface area (Å²) in [6.45, 7) is 4.72. The molecule has 0 bridgehead atoms. The Morgan fingerprint density at radius 2 is 1.87 bits per heavy atom. The van der Waals surface area contributed by atoms with Crippen LogP contribution < -0.4 is 0 Å². The van der Waals surface area contributed by atoms with Gasteiger partial charge in [0.1, 0.15) is 5.82 Å². The predicted octanol–water partition coefficient (Wildman–Crippen LogP) is 4.39. The van der Waals surface area contributed by atoms with Gasteiger partial charge in [-0.3, -0.25) is 4.98 Å². The van der Waals surface area contributed by atoms with Crippen molar-refractivity contribution in [3.8, 4) is 0 Å². The van der Waals surface area contributed by atoms with Crippen LogP contribution in [0.15, 0.2) is 48.9 Å². The molecule has 0 saturated carbocycles. The highest BCUT2D eigenvalue weighted by molar-refractivity contribution is 5.82. The van der Waals surface area contributed by atoms with E-state index in [1.165, 1.54) is 17.2 Å². The van der Waals surface area contributed by atoms with Gasteiger partial charge in [-0.25, -0.2) is 9.37 Å². The number of aromatic nitrogens is 3. The van der Waals surface area contributed by atoms with Crippen molar-refractivity contribution in [2.75, 3.05) is 0 Å². The number of hydrogen-bond donors (Lipinski definition) is 0. The van der Waals surface area contributed by atoms with E-state index in [1.807, 2.05) is 23.0 Å². The molecule has 0 atom stereocenters. The topological polar surface area (TPSA) is 30.7 Å². The van der Waals surface area contributed by atoms with Crippen LogP contribution in [0.5, 0.6) is 0 Å². The number of imidazole rings is 1. The first-order valence-electron chi connectivity index (χ1n) is 7.57. The number of nitrogens with zero attached hydrogens (tertiary/aromatic N) is 3. The van der Waals surface area contributed by atoms with E-state index >= 15 is 0 Å². The van der Waals surface area contributed by atoms with Gasteiger partial charge in [0.05, 0.1) is 29.4 Å². The standard InChI is InChI=1S/C19H16FN3/c1-12-6-17-18(7-13(12)2)23(11-22-17)10-15-9-16(20)8-14-4-3-5-21-19(14)15/h3-9,11H,10H2,1-2H3. The summed E-state index contributed by atoms with van der Waals surface area (Å²) in [7, 11) is 0. The van der Waals surface area contributed by atoms with Crippen molar-refractivity contribution < 1.29 is 4.39 Å². The largest absolute Gasteiger partial charge is 0.326 e. The maximum atomic E-state index is 13.9. The van der Waals surface area contributed by atoms with Crippen LogP contribution in [-0.4, -0.2) is 14.5 Å². The van der Waals surface area contributed by atoms with E-state index in [-0.39, 0.29) is 5.82 Å². The van der Waals surface area contributed by atoms with Crippen molar-refractivity contribution in [2.24, 2.45) is 0 Å². The molecule has 4 heteroatoms. The van der Waals surface area contributed by atoms with Crippen LogP contribution in [0.4, 0.5) is 4.39 Å². The van der Waals surface area contributed by atoms with Crippen LogP contribution in [-0.2, 0) is 6.54 Å². The minimum atomic E-state index is -0.239. The molecule has 0 spiro atoms. The molecule has 0 unspecified atom stereocenters. The molecule has 2 heterocycles. The number of halogens is 1. The van der Waals surface area contributed by atoms with Gasteiger partial charge < -0.3 is 4.57 Å². The SMILES string of the molecule is Cc1cc2ncn(Cc3cc(F)cc4cccnc34)c2cc1C. The van der Waals surface area contributed by atoms with Gasteiger partial charge in [0.25, 0.3) is 0 Å². The molecule has 0 N–H and O–H groups in total. The van der Waals surface area contributed by atoms with Gasteiger partial charge in [0.15, 0.2) is 0 Å². The third-order valence-corrected chi connectivity index (χ3v) is 4.33. The molecule has 0 aliphatic rings. The molecule has 2 aromatic carbocycles. The first-order chi connectivity index (χ1) is 11.1. The van der Waals surface area contributed by atoms with Crippen LogP contribution in [0.3, 0.4) is 0 Å². The first kappa shape index (κ1) is 13.9. The summed E-state index contributed by atoms with van der Waals surface area (Å²) in [5.74, 6) is -0.239. The highest BCUT2D eigenvalue weighted by Crippen LogP contribution is 2.23. The lowest BCUT2D eigenvalue weighted by atomic mass is 10.1. The molecule has 3 nitrogen and oxygen atoms in total. The fourth-order valence-electron chi connectivity index (χ4n) is 2.97. The Morgan fingerprint density at radius 1 is 1.04 bits per heavy atom. The van der Waals surface area contributed by atoms with Crippen LogP contribution in [0, 0.1) is 19.7 Å². The molecular formula is C19H16FN3. The second-order valence-corrected chi connectivity index (χ2v) is 5.94. The molecule has 0 amide bonds. The second-order valence-electron chi connectivity index (χ2n) is 5.94. The van der Waals surface area contributed by atoms with Gasteiger partial charge in [-0.05, 0) is 55.3 Å². The first-order valence-corrected chi connectivity index (χ1v) is 7.57. The summed E-state index contributed by atoms with van der Waals surface area (Å²) in [5.41, 5.74) is 6.16. The summed E-state index contributed by atoms with van der Waals surface area (Å²) in [5, 5.41) is 0.818. The smallest absolute Gasteiger partial charge is 0.124 e. The van der Waals surface area contributed by atoms with Crippen molar-refractivity contribution in [2.45, 2.75) is 20.4 Å². The predicted molar refractivity (Wildman–Crippen MR) is 90.0 cm³/mol. The Balaban J connectivity index is 1.87. The maximum absolute atomic E-state index is 13.9. The highest BCUT2D eigenvalue weighted by atomic mass is 19.1. The van der Waals surface area contributed by atoms with Gasteiger partial charge in [0.2, 0.25) is 0 Å². The van der Waals surface area contributed by atoms with Crippen LogP contribution in [0.2, 0.25) is 0 Å². The normalized spacial score (nSPS) is 11.4. The number of fused-ring (bicyclic) bond motifs is 2. The van der Waals surface area contributed by atoms with Crippen LogP contribution in [0.1, 0.15) is 16.7 Å². The van der Waals surface area contributed by atoms with Crippen molar-refractivity contribution in [1.29, 1.82) is 0 Å². The Hall–Kier alpha value is -2.75. The third kappa shape index (κ3) is 2.36. The van der Waals surface area contributed by atoms with Crippen LogP contribution in [0.25, 0.3) is 21.9 Å². The summed E-state index contributed by atoms with van der Waals surface area (Å²) in [6.07, 6.45) is 3.55. The van der Waals surface area contributed by atoms with E-state index in [0.29, 0.717) is 6.54 Å². The Labute approximate surface area is 133 Å². The summed E-state index contributed by atoms with van der Waals surface area (Å²) in [4.78, 5) is 8.88. The monoisotopic (exact) mass is 305 g/mol. The molecule has 4 rings (SSSR count). The number of hydrogen-bond acceptors (Lipinski definition) is 2. The van der Waals surface area contributed by atoms with E-state index in [4.69, 9.17) is 0 Å². The quantitative estimate of drug-likeness (QED) is 0.550. The average Bonchev–Trinajstić information content (AvgIpc) is 2.90. The second kappa shape index (κ2) is 5.16. The van der Waals surface area contributed by atoms with Gasteiger partial charge in [-0.2, -0.15) is 0 Å². The lowest BCUT2D eigenvalue weighted by Crippen LogP contribution is -2.01. The minimum absolute atomic E-state index is 0.239. The van der Waals surface area contributed by atoms with Crippen molar-refractivity contribution in [3.63, 3.8) is 0 Å². The molecule has 0 radical (unpaired) electrons. The number of benzene rings is 2. The van der Waals surface area contributed by atoms with E-state index < -0.39 is 0 Å². The molecule has 0 fully saturated rings. The summed E-state index contributed by atoms with van der Waals surface area (Å²) < 4.78 is 16.0. The summed E-state index contributed by atoms with van der Waals surface area (Å²) >= 11 is 0. The molecule has 4 aromatic rings. The average molecular weight is 305 g/mol. The third-order valence-electron chi connectivity index (χ3n) is 4.33. The highest BCUT2D eigenvalue weighted by Gasteiger charge is 2.09. The molecule has 23 heavy (non-hydrogen) atoms. The lowest BCUT2D eigenvalue weighted by molar-refractivity contribution is 0.626. The van der Waals surface area contributed by atoms with Gasteiger partial charge in [-0.1, -0.05) is 6.07 Å². The van der Waals surface area contributed by atoms with Gasteiger partial charge in [-0.15, -0.1) is 0 Å². The zero-order valence-electron chi connectivity index (χ0n) is 13.0. The minimum Gasteiger partial charge on any atom is -0.326 e. The molecule has 0 aliphatic carbocycles. The molecule has 0 saturated heterocycles. The Bertz CT molecular complexity index is 1030.